The molecule has 0 aromatic heterocycles. The van der Waals surface area contributed by atoms with Gasteiger partial charge in [-0.2, -0.15) is 4.99 Å². The molecule has 1 aliphatic rings. The van der Waals surface area contributed by atoms with E-state index in [1.807, 2.05) is 0 Å². The Hall–Kier alpha value is -1.74. The van der Waals surface area contributed by atoms with Gasteiger partial charge in [-0.25, -0.2) is 13.6 Å². The Bertz CT molecular complexity index is 504. The van der Waals surface area contributed by atoms with Gasteiger partial charge in [-0.05, 0) is 25.0 Å². The van der Waals surface area contributed by atoms with Crippen molar-refractivity contribution in [2.45, 2.75) is 31.2 Å². The van der Waals surface area contributed by atoms with E-state index in [4.69, 9.17) is 4.74 Å². The third-order valence-corrected chi connectivity index (χ3v) is 3.43. The summed E-state index contributed by atoms with van der Waals surface area (Å²) in [4.78, 5) is 14.3. The van der Waals surface area contributed by atoms with Gasteiger partial charge in [0.25, 0.3) is 0 Å². The zero-order valence-corrected chi connectivity index (χ0v) is 10.0. The van der Waals surface area contributed by atoms with Gasteiger partial charge in [0.05, 0.1) is 12.7 Å². The van der Waals surface area contributed by atoms with Gasteiger partial charge in [-0.1, -0.05) is 12.8 Å². The number of aliphatic imine (C=N–C) groups is 1. The molecule has 0 radical (unpaired) electrons. The molecule has 1 fully saturated rings. The summed E-state index contributed by atoms with van der Waals surface area (Å²) < 4.78 is 32.5. The van der Waals surface area contributed by atoms with Crippen molar-refractivity contribution in [3.8, 4) is 5.75 Å². The topological polar surface area (TPSA) is 38.7 Å². The lowest BCUT2D eigenvalue weighted by Crippen LogP contribution is -2.22. The Morgan fingerprint density at radius 1 is 1.33 bits per heavy atom. The minimum absolute atomic E-state index is 0.0332. The van der Waals surface area contributed by atoms with E-state index in [1.54, 1.807) is 0 Å². The number of isocyanates is 1. The van der Waals surface area contributed by atoms with Gasteiger partial charge in [-0.15, -0.1) is 0 Å². The van der Waals surface area contributed by atoms with Crippen molar-refractivity contribution in [2.24, 2.45) is 4.99 Å². The van der Waals surface area contributed by atoms with Gasteiger partial charge in [0, 0.05) is 0 Å². The van der Waals surface area contributed by atoms with Gasteiger partial charge in [0.15, 0.2) is 11.6 Å². The van der Waals surface area contributed by atoms with E-state index in [2.05, 4.69) is 4.99 Å². The summed E-state index contributed by atoms with van der Waals surface area (Å²) >= 11 is 0. The summed E-state index contributed by atoms with van der Waals surface area (Å²) in [5.74, 6) is -1.73. The molecule has 0 heterocycles. The molecule has 2 rings (SSSR count). The number of carbonyl (C=O) groups excluding carboxylic acids is 1. The lowest BCUT2D eigenvalue weighted by Gasteiger charge is -2.25. The minimum Gasteiger partial charge on any atom is -0.496 e. The molecule has 0 spiro atoms. The highest BCUT2D eigenvalue weighted by Crippen LogP contribution is 2.47. The van der Waals surface area contributed by atoms with E-state index in [0.29, 0.717) is 12.8 Å². The first kappa shape index (κ1) is 12.7. The molecule has 0 atom stereocenters. The number of hydrogen-bond acceptors (Lipinski definition) is 3. The van der Waals surface area contributed by atoms with E-state index in [-0.39, 0.29) is 11.3 Å². The maximum atomic E-state index is 14.0. The van der Waals surface area contributed by atoms with Crippen molar-refractivity contribution in [3.63, 3.8) is 0 Å². The average Bonchev–Trinajstić information content (AvgIpc) is 2.82. The van der Waals surface area contributed by atoms with Crippen molar-refractivity contribution in [3.05, 3.63) is 29.3 Å². The van der Waals surface area contributed by atoms with Gasteiger partial charge < -0.3 is 4.74 Å². The van der Waals surface area contributed by atoms with Crippen LogP contribution >= 0.6 is 0 Å². The Balaban J connectivity index is 2.67. The molecule has 5 heteroatoms. The Kier molecular flexibility index (Phi) is 3.43. The molecule has 1 saturated carbocycles. The molecule has 0 N–H and O–H groups in total. The van der Waals surface area contributed by atoms with E-state index in [1.165, 1.54) is 19.3 Å². The number of halogens is 2. The van der Waals surface area contributed by atoms with Crippen LogP contribution in [0.1, 0.15) is 31.2 Å². The number of rotatable bonds is 3. The van der Waals surface area contributed by atoms with E-state index in [9.17, 15) is 13.6 Å². The first-order valence-electron chi connectivity index (χ1n) is 5.76. The second-order valence-electron chi connectivity index (χ2n) is 4.38. The predicted octanol–water partition coefficient (Wildman–Crippen LogP) is 3.08. The molecule has 1 aliphatic carbocycles. The van der Waals surface area contributed by atoms with E-state index in [0.717, 1.165) is 18.9 Å². The lowest BCUT2D eigenvalue weighted by atomic mass is 9.87. The molecule has 3 nitrogen and oxygen atoms in total. The largest absolute Gasteiger partial charge is 0.496 e. The standard InChI is InChI=1S/C13H13F2NO2/c1-18-10-5-4-9(14)12(15)11(10)13(16-8-17)6-2-3-7-13/h4-5H,2-3,6-7H2,1H3. The third kappa shape index (κ3) is 1.91. The van der Waals surface area contributed by atoms with E-state index < -0.39 is 17.2 Å². The van der Waals surface area contributed by atoms with E-state index >= 15 is 0 Å². The maximum absolute atomic E-state index is 14.0. The zero-order valence-electron chi connectivity index (χ0n) is 10.0. The van der Waals surface area contributed by atoms with Gasteiger partial charge in [0.2, 0.25) is 6.08 Å². The number of methoxy groups -OCH3 is 1. The van der Waals surface area contributed by atoms with Crippen LogP contribution in [0.2, 0.25) is 0 Å². The summed E-state index contributed by atoms with van der Waals surface area (Å²) in [5, 5.41) is 0. The lowest BCUT2D eigenvalue weighted by molar-refractivity contribution is 0.356. The van der Waals surface area contributed by atoms with Crippen LogP contribution in [0.15, 0.2) is 17.1 Å². The van der Waals surface area contributed by atoms with Crippen LogP contribution in [0.25, 0.3) is 0 Å². The van der Waals surface area contributed by atoms with Crippen LogP contribution in [0.3, 0.4) is 0 Å². The summed E-state index contributed by atoms with van der Waals surface area (Å²) in [6, 6.07) is 2.36. The Morgan fingerprint density at radius 3 is 2.56 bits per heavy atom. The minimum atomic E-state index is -1.03. The van der Waals surface area contributed by atoms with Crippen LogP contribution in [-0.4, -0.2) is 13.2 Å². The number of hydrogen-bond donors (Lipinski definition) is 0. The highest BCUT2D eigenvalue weighted by molar-refractivity contribution is 5.45. The second kappa shape index (κ2) is 4.86. The molecule has 96 valence electrons. The van der Waals surface area contributed by atoms with Crippen LogP contribution in [-0.2, 0) is 10.3 Å². The highest BCUT2D eigenvalue weighted by atomic mass is 19.2. The first-order chi connectivity index (χ1) is 8.64. The molecule has 1 aromatic carbocycles. The molecular formula is C13H13F2NO2. The van der Waals surface area contributed by atoms with Crippen molar-refractivity contribution < 1.29 is 18.3 Å². The molecule has 0 unspecified atom stereocenters. The van der Waals surface area contributed by atoms with Crippen molar-refractivity contribution >= 4 is 6.08 Å². The summed E-state index contributed by atoms with van der Waals surface area (Å²) in [6.07, 6.45) is 4.09. The SMILES string of the molecule is COc1ccc(F)c(F)c1C1(N=C=O)CCCC1. The fourth-order valence-corrected chi connectivity index (χ4v) is 2.60. The molecule has 0 aliphatic heterocycles. The second-order valence-corrected chi connectivity index (χ2v) is 4.38. The van der Waals surface area contributed by atoms with Crippen molar-refractivity contribution in [2.75, 3.05) is 7.11 Å². The fourth-order valence-electron chi connectivity index (χ4n) is 2.60. The molecule has 18 heavy (non-hydrogen) atoms. The fraction of sp³-hybridized carbons (Fsp3) is 0.462. The number of nitrogens with zero attached hydrogens (tertiary/aromatic N) is 1. The predicted molar refractivity (Wildman–Crippen MR) is 61.2 cm³/mol. The van der Waals surface area contributed by atoms with Gasteiger partial charge in [-0.3, -0.25) is 0 Å². The van der Waals surface area contributed by atoms with Crippen LogP contribution < -0.4 is 4.74 Å². The Labute approximate surface area is 103 Å². The van der Waals surface area contributed by atoms with Crippen LogP contribution in [0.5, 0.6) is 5.75 Å². The number of benzene rings is 1. The monoisotopic (exact) mass is 253 g/mol. The molecule has 0 bridgehead atoms. The first-order valence-corrected chi connectivity index (χ1v) is 5.76. The molecule has 1 aromatic rings. The maximum Gasteiger partial charge on any atom is 0.235 e. The number of ether oxygens (including phenoxy) is 1. The van der Waals surface area contributed by atoms with Crippen LogP contribution in [0.4, 0.5) is 8.78 Å². The molecular weight excluding hydrogens is 240 g/mol. The van der Waals surface area contributed by atoms with Crippen LogP contribution in [0, 0.1) is 11.6 Å². The zero-order chi connectivity index (χ0) is 13.2. The van der Waals surface area contributed by atoms with Gasteiger partial charge >= 0.3 is 0 Å². The Morgan fingerprint density at radius 2 is 2.00 bits per heavy atom. The average molecular weight is 253 g/mol. The van der Waals surface area contributed by atoms with Crippen molar-refractivity contribution in [1.82, 2.24) is 0 Å². The highest BCUT2D eigenvalue weighted by Gasteiger charge is 2.41. The summed E-state index contributed by atoms with van der Waals surface area (Å²) in [5.41, 5.74) is -0.995. The quantitative estimate of drug-likeness (QED) is 0.613. The normalized spacial score (nSPS) is 17.3. The molecule has 0 amide bonds. The summed E-state index contributed by atoms with van der Waals surface area (Å²) in [7, 11) is 1.38. The van der Waals surface area contributed by atoms with Crippen molar-refractivity contribution in [1.29, 1.82) is 0 Å². The van der Waals surface area contributed by atoms with Gasteiger partial charge in [0.1, 0.15) is 11.3 Å². The summed E-state index contributed by atoms with van der Waals surface area (Å²) in [6.45, 7) is 0. The molecule has 0 saturated heterocycles. The third-order valence-electron chi connectivity index (χ3n) is 3.43. The smallest absolute Gasteiger partial charge is 0.235 e.